The summed E-state index contributed by atoms with van der Waals surface area (Å²) in [5.74, 6) is 2.60. The molecule has 1 aliphatic rings. The van der Waals surface area contributed by atoms with Crippen LogP contribution in [0.1, 0.15) is 0 Å². The lowest BCUT2D eigenvalue weighted by atomic mass is 10.1. The van der Waals surface area contributed by atoms with Crippen LogP contribution in [-0.4, -0.2) is 24.5 Å². The zero-order chi connectivity index (χ0) is 16.5. The van der Waals surface area contributed by atoms with Gasteiger partial charge in [0.15, 0.2) is 17.2 Å². The minimum Gasteiger partial charge on any atom is -0.493 e. The summed E-state index contributed by atoms with van der Waals surface area (Å²) < 4.78 is 15.5. The Morgan fingerprint density at radius 1 is 1.00 bits per heavy atom. The Hall–Kier alpha value is -2.40. The van der Waals surface area contributed by atoms with E-state index in [1.807, 2.05) is 30.0 Å². The van der Waals surface area contributed by atoms with Gasteiger partial charge in [0.05, 0.1) is 14.2 Å². The molecule has 0 fully saturated rings. The summed E-state index contributed by atoms with van der Waals surface area (Å²) in [5, 5.41) is 1.27. The van der Waals surface area contributed by atoms with E-state index in [1.165, 1.54) is 16.5 Å². The Balaban J connectivity index is 1.85. The molecule has 2 heterocycles. The highest BCUT2D eigenvalue weighted by molar-refractivity contribution is 7.99. The fourth-order valence-corrected chi connectivity index (χ4v) is 4.17. The minimum atomic E-state index is 0.750. The summed E-state index contributed by atoms with van der Waals surface area (Å²) in [7, 11) is 3.33. The lowest BCUT2D eigenvalue weighted by molar-refractivity contribution is -0.713. The third-order valence-electron chi connectivity index (χ3n) is 4.24. The highest BCUT2D eigenvalue weighted by Gasteiger charge is 2.30. The molecule has 24 heavy (non-hydrogen) atoms. The molecule has 122 valence electrons. The molecule has 0 spiro atoms. The van der Waals surface area contributed by atoms with Crippen molar-refractivity contribution in [1.82, 2.24) is 4.57 Å². The van der Waals surface area contributed by atoms with Crippen molar-refractivity contribution in [3.05, 3.63) is 54.7 Å². The fraction of sp³-hybridized carbons (Fsp3) is 0.211. The summed E-state index contributed by atoms with van der Waals surface area (Å²) in [6.45, 7) is 1.02. The Labute approximate surface area is 145 Å². The van der Waals surface area contributed by atoms with Crippen LogP contribution in [0.3, 0.4) is 0 Å². The molecular weight excluding hydrogens is 320 g/mol. The summed E-state index contributed by atoms with van der Waals surface area (Å²) >= 11 is 1.89. The number of para-hydroxylation sites is 1. The number of nitrogens with zero attached hydrogens (tertiary/aromatic N) is 2. The van der Waals surface area contributed by atoms with Crippen molar-refractivity contribution in [3.63, 3.8) is 0 Å². The molecule has 0 unspecified atom stereocenters. The van der Waals surface area contributed by atoms with Crippen LogP contribution in [0.25, 0.3) is 16.9 Å². The first-order chi connectivity index (χ1) is 11.8. The van der Waals surface area contributed by atoms with Crippen LogP contribution in [0, 0.1) is 0 Å². The van der Waals surface area contributed by atoms with E-state index in [9.17, 15) is 0 Å². The molecule has 0 aliphatic carbocycles. The largest absolute Gasteiger partial charge is 0.493 e. The zero-order valence-corrected chi connectivity index (χ0v) is 14.5. The van der Waals surface area contributed by atoms with Crippen molar-refractivity contribution in [3.8, 4) is 28.4 Å². The van der Waals surface area contributed by atoms with Gasteiger partial charge < -0.3 is 9.47 Å². The molecule has 0 saturated heterocycles. The highest BCUT2D eigenvalue weighted by Crippen LogP contribution is 2.34. The standard InChI is InChI=1S/C19H19N2O2S/c1-22-17-9-8-14(12-18(17)23-2)16-13-21(15-6-4-3-5-7-15)19-20(16)10-11-24-19/h3-9,12-13H,10-11H2,1-2H3/q+1. The van der Waals surface area contributed by atoms with E-state index in [0.717, 1.165) is 29.4 Å². The molecular formula is C19H19N2O2S+. The van der Waals surface area contributed by atoms with Gasteiger partial charge >= 0.3 is 5.16 Å². The Kier molecular flexibility index (Phi) is 3.94. The van der Waals surface area contributed by atoms with E-state index in [0.29, 0.717) is 0 Å². The van der Waals surface area contributed by atoms with Gasteiger partial charge in [-0.3, -0.25) is 0 Å². The normalized spacial score (nSPS) is 12.9. The number of thioether (sulfide) groups is 1. The fourth-order valence-electron chi connectivity index (χ4n) is 3.07. The third-order valence-corrected chi connectivity index (χ3v) is 5.30. The van der Waals surface area contributed by atoms with Gasteiger partial charge in [-0.1, -0.05) is 18.2 Å². The summed E-state index contributed by atoms with van der Waals surface area (Å²) in [4.78, 5) is 0. The lowest BCUT2D eigenvalue weighted by Gasteiger charge is -2.08. The number of methoxy groups -OCH3 is 2. The molecule has 0 radical (unpaired) electrons. The number of benzene rings is 2. The highest BCUT2D eigenvalue weighted by atomic mass is 32.2. The topological polar surface area (TPSA) is 27.3 Å². The quantitative estimate of drug-likeness (QED) is 0.680. The van der Waals surface area contributed by atoms with Crippen LogP contribution in [0.15, 0.2) is 59.9 Å². The number of fused-ring (bicyclic) bond motifs is 1. The molecule has 0 saturated carbocycles. The molecule has 4 rings (SSSR count). The zero-order valence-electron chi connectivity index (χ0n) is 13.7. The van der Waals surface area contributed by atoms with E-state index in [2.05, 4.69) is 45.7 Å². The van der Waals surface area contributed by atoms with E-state index >= 15 is 0 Å². The van der Waals surface area contributed by atoms with Crippen molar-refractivity contribution in [2.45, 2.75) is 11.7 Å². The molecule has 5 heteroatoms. The molecule has 0 atom stereocenters. The first kappa shape index (κ1) is 15.1. The Morgan fingerprint density at radius 3 is 2.54 bits per heavy atom. The minimum absolute atomic E-state index is 0.750. The molecule has 1 aromatic heterocycles. The van der Waals surface area contributed by atoms with Gasteiger partial charge in [0, 0.05) is 11.3 Å². The smallest absolute Gasteiger partial charge is 0.323 e. The predicted octanol–water partition coefficient (Wildman–Crippen LogP) is 3.55. The van der Waals surface area contributed by atoms with Crippen LogP contribution >= 0.6 is 11.8 Å². The monoisotopic (exact) mass is 339 g/mol. The van der Waals surface area contributed by atoms with Gasteiger partial charge in [0.2, 0.25) is 0 Å². The first-order valence-electron chi connectivity index (χ1n) is 7.87. The van der Waals surface area contributed by atoms with E-state index < -0.39 is 0 Å². The maximum absolute atomic E-state index is 5.46. The summed E-state index contributed by atoms with van der Waals surface area (Å²) in [5.41, 5.74) is 3.51. The third kappa shape index (κ3) is 2.45. The second-order valence-electron chi connectivity index (χ2n) is 5.57. The number of hydrogen-bond acceptors (Lipinski definition) is 3. The van der Waals surface area contributed by atoms with Crippen molar-refractivity contribution < 1.29 is 14.0 Å². The Morgan fingerprint density at radius 2 is 1.79 bits per heavy atom. The number of aromatic nitrogens is 2. The van der Waals surface area contributed by atoms with Crippen molar-refractivity contribution in [2.24, 2.45) is 0 Å². The molecule has 0 bridgehead atoms. The predicted molar refractivity (Wildman–Crippen MR) is 95.2 cm³/mol. The average Bonchev–Trinajstić information content (AvgIpc) is 3.24. The summed E-state index contributed by atoms with van der Waals surface area (Å²) in [6.07, 6.45) is 2.21. The van der Waals surface area contributed by atoms with Crippen LogP contribution in [0.5, 0.6) is 11.5 Å². The van der Waals surface area contributed by atoms with Crippen LogP contribution in [0.2, 0.25) is 0 Å². The van der Waals surface area contributed by atoms with Gasteiger partial charge in [-0.25, -0.2) is 4.57 Å². The Bertz CT molecular complexity index is 875. The molecule has 3 aromatic rings. The summed E-state index contributed by atoms with van der Waals surface area (Å²) in [6, 6.07) is 16.5. The number of imidazole rings is 1. The SMILES string of the molecule is COc1ccc(-c2cn(-c3ccccc3)c3[n+]2CCS3)cc1OC. The van der Waals surface area contributed by atoms with E-state index in [1.54, 1.807) is 14.2 Å². The molecule has 0 amide bonds. The van der Waals surface area contributed by atoms with Gasteiger partial charge in [-0.2, -0.15) is 4.57 Å². The van der Waals surface area contributed by atoms with Gasteiger partial charge in [0.25, 0.3) is 0 Å². The second-order valence-corrected chi connectivity index (χ2v) is 6.63. The average molecular weight is 339 g/mol. The van der Waals surface area contributed by atoms with Crippen LogP contribution in [-0.2, 0) is 6.54 Å². The molecule has 4 nitrogen and oxygen atoms in total. The maximum atomic E-state index is 5.46. The number of hydrogen-bond donors (Lipinski definition) is 0. The van der Waals surface area contributed by atoms with Gasteiger partial charge in [-0.15, -0.1) is 0 Å². The first-order valence-corrected chi connectivity index (χ1v) is 8.86. The van der Waals surface area contributed by atoms with Crippen LogP contribution in [0.4, 0.5) is 0 Å². The van der Waals surface area contributed by atoms with E-state index in [-0.39, 0.29) is 0 Å². The lowest BCUT2D eigenvalue weighted by Crippen LogP contribution is -2.33. The maximum Gasteiger partial charge on any atom is 0.323 e. The van der Waals surface area contributed by atoms with Crippen LogP contribution < -0.4 is 14.0 Å². The van der Waals surface area contributed by atoms with Crippen molar-refractivity contribution in [2.75, 3.05) is 20.0 Å². The van der Waals surface area contributed by atoms with E-state index in [4.69, 9.17) is 9.47 Å². The number of ether oxygens (including phenoxy) is 2. The molecule has 2 aromatic carbocycles. The molecule has 1 aliphatic heterocycles. The second kappa shape index (κ2) is 6.24. The van der Waals surface area contributed by atoms with Crippen molar-refractivity contribution >= 4 is 11.8 Å². The number of rotatable bonds is 4. The van der Waals surface area contributed by atoms with Gasteiger partial charge in [0.1, 0.15) is 18.4 Å². The van der Waals surface area contributed by atoms with Gasteiger partial charge in [-0.05, 0) is 42.1 Å². The molecule has 0 N–H and O–H groups in total. The van der Waals surface area contributed by atoms with Crippen molar-refractivity contribution in [1.29, 1.82) is 0 Å².